The van der Waals surface area contributed by atoms with Gasteiger partial charge in [-0.2, -0.15) is 13.2 Å². The van der Waals surface area contributed by atoms with Gasteiger partial charge in [-0.05, 0) is 36.4 Å². The average Bonchev–Trinajstić information content (AvgIpc) is 3.20. The van der Waals surface area contributed by atoms with Gasteiger partial charge in [-0.1, -0.05) is 12.1 Å². The number of ether oxygens (including phenoxy) is 1. The molecule has 0 atom stereocenters. The van der Waals surface area contributed by atoms with E-state index in [0.717, 1.165) is 16.3 Å². The summed E-state index contributed by atoms with van der Waals surface area (Å²) in [5.74, 6) is -0.649. The smallest absolute Gasteiger partial charge is 0.405 e. The maximum absolute atomic E-state index is 12.4. The molecule has 2 aromatic carbocycles. The Bertz CT molecular complexity index is 1070. The molecule has 162 valence electrons. The molecule has 1 heterocycles. The first-order valence-corrected chi connectivity index (χ1v) is 9.96. The molecule has 0 aliphatic heterocycles. The molecular formula is C21H18F3N3O3S. The van der Waals surface area contributed by atoms with Gasteiger partial charge in [0.15, 0.2) is 0 Å². The van der Waals surface area contributed by atoms with Gasteiger partial charge < -0.3 is 15.4 Å². The minimum absolute atomic E-state index is 0.0504. The first-order valence-electron chi connectivity index (χ1n) is 9.08. The Morgan fingerprint density at radius 3 is 2.48 bits per heavy atom. The van der Waals surface area contributed by atoms with Crippen LogP contribution in [0.3, 0.4) is 0 Å². The van der Waals surface area contributed by atoms with E-state index in [-0.39, 0.29) is 17.7 Å². The van der Waals surface area contributed by atoms with Crippen molar-refractivity contribution in [2.24, 2.45) is 0 Å². The minimum Gasteiger partial charge on any atom is -0.497 e. The summed E-state index contributed by atoms with van der Waals surface area (Å²) in [5, 5.41) is 6.85. The van der Waals surface area contributed by atoms with Crippen molar-refractivity contribution >= 4 is 28.8 Å². The van der Waals surface area contributed by atoms with Crippen LogP contribution < -0.4 is 15.4 Å². The summed E-state index contributed by atoms with van der Waals surface area (Å²) in [7, 11) is 1.58. The van der Waals surface area contributed by atoms with Gasteiger partial charge in [-0.15, -0.1) is 11.3 Å². The molecule has 0 spiro atoms. The summed E-state index contributed by atoms with van der Waals surface area (Å²) in [6.45, 7) is -1.46. The number of alkyl halides is 3. The lowest BCUT2D eigenvalue weighted by Gasteiger charge is -2.12. The maximum Gasteiger partial charge on any atom is 0.405 e. The fraction of sp³-hybridized carbons (Fsp3) is 0.190. The predicted octanol–water partition coefficient (Wildman–Crippen LogP) is 4.29. The molecule has 0 bridgehead atoms. The molecule has 3 aromatic rings. The third kappa shape index (κ3) is 6.29. The van der Waals surface area contributed by atoms with E-state index in [0.29, 0.717) is 5.69 Å². The third-order valence-corrected chi connectivity index (χ3v) is 5.07. The van der Waals surface area contributed by atoms with Crippen LogP contribution in [-0.2, 0) is 11.2 Å². The van der Waals surface area contributed by atoms with Gasteiger partial charge in [-0.25, -0.2) is 4.98 Å². The van der Waals surface area contributed by atoms with Crippen molar-refractivity contribution in [3.8, 4) is 16.3 Å². The van der Waals surface area contributed by atoms with E-state index in [2.05, 4.69) is 10.3 Å². The van der Waals surface area contributed by atoms with Crippen LogP contribution >= 0.6 is 11.3 Å². The normalized spacial score (nSPS) is 11.1. The zero-order valence-corrected chi connectivity index (χ0v) is 17.1. The molecular weight excluding hydrogens is 431 g/mol. The van der Waals surface area contributed by atoms with Crippen LogP contribution in [0.25, 0.3) is 10.6 Å². The lowest BCUT2D eigenvalue weighted by atomic mass is 10.1. The minimum atomic E-state index is -4.53. The molecule has 0 aliphatic carbocycles. The van der Waals surface area contributed by atoms with E-state index in [1.807, 2.05) is 24.3 Å². The summed E-state index contributed by atoms with van der Waals surface area (Å²) in [6.07, 6.45) is -4.58. The molecule has 1 aromatic heterocycles. The highest BCUT2D eigenvalue weighted by Crippen LogP contribution is 2.26. The standard InChI is InChI=1S/C21H18F3N3O3S/c1-30-15-8-6-13(7-9-15)20-26-14(11-31-20)10-18(28)27-17-5-3-2-4-16(17)19(29)25-12-21(22,23)24/h2-9,11H,10,12H2,1H3,(H,25,29)(H,27,28). The van der Waals surface area contributed by atoms with E-state index < -0.39 is 24.5 Å². The molecule has 0 radical (unpaired) electrons. The second-order valence-electron chi connectivity index (χ2n) is 6.44. The fourth-order valence-electron chi connectivity index (χ4n) is 2.68. The Morgan fingerprint density at radius 2 is 1.81 bits per heavy atom. The van der Waals surface area contributed by atoms with E-state index >= 15 is 0 Å². The van der Waals surface area contributed by atoms with Crippen LogP contribution in [0.1, 0.15) is 16.1 Å². The average molecular weight is 449 g/mol. The lowest BCUT2D eigenvalue weighted by Crippen LogP contribution is -2.34. The molecule has 3 rings (SSSR count). The number of aromatic nitrogens is 1. The number of para-hydroxylation sites is 1. The Hall–Kier alpha value is -3.40. The highest BCUT2D eigenvalue weighted by atomic mass is 32.1. The number of nitrogens with one attached hydrogen (secondary N) is 2. The quantitative estimate of drug-likeness (QED) is 0.564. The third-order valence-electron chi connectivity index (χ3n) is 4.13. The molecule has 0 saturated heterocycles. The number of hydrogen-bond donors (Lipinski definition) is 2. The lowest BCUT2D eigenvalue weighted by molar-refractivity contribution is -0.123. The summed E-state index contributed by atoms with van der Waals surface area (Å²) in [5.41, 5.74) is 1.48. The molecule has 0 unspecified atom stereocenters. The number of rotatable bonds is 7. The number of carbonyl (C=O) groups is 2. The summed E-state index contributed by atoms with van der Waals surface area (Å²) >= 11 is 1.38. The molecule has 10 heteroatoms. The van der Waals surface area contributed by atoms with Gasteiger partial charge >= 0.3 is 6.18 Å². The molecule has 2 amide bonds. The van der Waals surface area contributed by atoms with Crippen molar-refractivity contribution in [1.29, 1.82) is 0 Å². The number of amides is 2. The number of methoxy groups -OCH3 is 1. The summed E-state index contributed by atoms with van der Waals surface area (Å²) in [6, 6.07) is 13.2. The second kappa shape index (κ2) is 9.61. The van der Waals surface area contributed by atoms with Crippen LogP contribution in [0.4, 0.5) is 18.9 Å². The van der Waals surface area contributed by atoms with Crippen molar-refractivity contribution < 1.29 is 27.5 Å². The molecule has 0 fully saturated rings. The van der Waals surface area contributed by atoms with Crippen molar-refractivity contribution in [2.45, 2.75) is 12.6 Å². The number of halogens is 3. The second-order valence-corrected chi connectivity index (χ2v) is 7.30. The highest BCUT2D eigenvalue weighted by Gasteiger charge is 2.28. The Labute approximate surface area is 180 Å². The Morgan fingerprint density at radius 1 is 1.10 bits per heavy atom. The molecule has 0 aliphatic rings. The van der Waals surface area contributed by atoms with E-state index in [9.17, 15) is 22.8 Å². The number of benzene rings is 2. The van der Waals surface area contributed by atoms with E-state index in [1.165, 1.54) is 29.5 Å². The van der Waals surface area contributed by atoms with Gasteiger partial charge in [0.1, 0.15) is 17.3 Å². The van der Waals surface area contributed by atoms with Crippen molar-refractivity contribution in [3.05, 3.63) is 65.2 Å². The van der Waals surface area contributed by atoms with E-state index in [1.54, 1.807) is 23.9 Å². The summed E-state index contributed by atoms with van der Waals surface area (Å²) in [4.78, 5) is 28.9. The largest absolute Gasteiger partial charge is 0.497 e. The van der Waals surface area contributed by atoms with Crippen molar-refractivity contribution in [1.82, 2.24) is 10.3 Å². The monoisotopic (exact) mass is 449 g/mol. The van der Waals surface area contributed by atoms with Gasteiger partial charge in [-0.3, -0.25) is 9.59 Å². The van der Waals surface area contributed by atoms with Gasteiger partial charge in [0, 0.05) is 10.9 Å². The number of nitrogens with zero attached hydrogens (tertiary/aromatic N) is 1. The Balaban J connectivity index is 1.65. The van der Waals surface area contributed by atoms with Crippen LogP contribution in [0.15, 0.2) is 53.9 Å². The number of thiazole rings is 1. The van der Waals surface area contributed by atoms with Crippen LogP contribution in [-0.4, -0.2) is 36.6 Å². The zero-order valence-electron chi connectivity index (χ0n) is 16.3. The number of carbonyl (C=O) groups excluding carboxylic acids is 2. The number of anilines is 1. The van der Waals surface area contributed by atoms with Crippen LogP contribution in [0.2, 0.25) is 0 Å². The predicted molar refractivity (Wildman–Crippen MR) is 111 cm³/mol. The zero-order chi connectivity index (χ0) is 22.4. The fourth-order valence-corrected chi connectivity index (χ4v) is 3.50. The molecule has 31 heavy (non-hydrogen) atoms. The first kappa shape index (κ1) is 22.3. The number of hydrogen-bond acceptors (Lipinski definition) is 5. The van der Waals surface area contributed by atoms with Gasteiger partial charge in [0.05, 0.1) is 30.5 Å². The van der Waals surface area contributed by atoms with Crippen molar-refractivity contribution in [2.75, 3.05) is 19.0 Å². The molecule has 0 saturated carbocycles. The SMILES string of the molecule is COc1ccc(-c2nc(CC(=O)Nc3ccccc3C(=O)NCC(F)(F)F)cs2)cc1. The molecule has 6 nitrogen and oxygen atoms in total. The maximum atomic E-state index is 12.4. The first-order chi connectivity index (χ1) is 14.7. The Kier molecular flexibility index (Phi) is 6.91. The topological polar surface area (TPSA) is 80.3 Å². The summed E-state index contributed by atoms with van der Waals surface area (Å²) < 4.78 is 42.2. The van der Waals surface area contributed by atoms with Gasteiger partial charge in [0.25, 0.3) is 5.91 Å². The highest BCUT2D eigenvalue weighted by molar-refractivity contribution is 7.13. The van der Waals surface area contributed by atoms with Gasteiger partial charge in [0.2, 0.25) is 5.91 Å². The van der Waals surface area contributed by atoms with E-state index in [4.69, 9.17) is 4.74 Å². The van der Waals surface area contributed by atoms with Crippen molar-refractivity contribution in [3.63, 3.8) is 0 Å². The van der Waals surface area contributed by atoms with Crippen LogP contribution in [0, 0.1) is 0 Å². The molecule has 2 N–H and O–H groups in total. The van der Waals surface area contributed by atoms with Crippen LogP contribution in [0.5, 0.6) is 5.75 Å².